The molecule has 0 radical (unpaired) electrons. The fourth-order valence-corrected chi connectivity index (χ4v) is 6.37. The van der Waals surface area contributed by atoms with Gasteiger partial charge in [-0.2, -0.15) is 0 Å². The highest BCUT2D eigenvalue weighted by Gasteiger charge is 2.27. The predicted octanol–water partition coefficient (Wildman–Crippen LogP) is 7.26. The van der Waals surface area contributed by atoms with E-state index >= 15 is 0 Å². The standard InChI is InChI=1S/C24H44O/c25-24-18-22(16-20-10-5-1-2-6-11-20)14-9-15-23(19-24)17-21-12-7-3-4-8-13-21/h20-25H,1-19H2. The molecule has 146 valence electrons. The fraction of sp³-hybridized carbons (Fsp3) is 1.00. The summed E-state index contributed by atoms with van der Waals surface area (Å²) in [6.07, 6.45) is 26.9. The van der Waals surface area contributed by atoms with Crippen molar-refractivity contribution in [2.75, 3.05) is 0 Å². The van der Waals surface area contributed by atoms with E-state index in [0.717, 1.165) is 36.5 Å². The molecule has 0 spiro atoms. The van der Waals surface area contributed by atoms with Crippen LogP contribution in [0.5, 0.6) is 0 Å². The molecule has 2 atom stereocenters. The molecule has 0 heterocycles. The first-order valence-corrected chi connectivity index (χ1v) is 12.0. The second-order valence-corrected chi connectivity index (χ2v) is 9.97. The summed E-state index contributed by atoms with van der Waals surface area (Å²) in [5, 5.41) is 10.7. The van der Waals surface area contributed by atoms with Crippen molar-refractivity contribution in [1.29, 1.82) is 0 Å². The molecular formula is C24H44O. The van der Waals surface area contributed by atoms with Gasteiger partial charge < -0.3 is 5.11 Å². The zero-order valence-corrected chi connectivity index (χ0v) is 16.8. The van der Waals surface area contributed by atoms with E-state index in [1.807, 2.05) is 0 Å². The van der Waals surface area contributed by atoms with Crippen LogP contribution in [-0.2, 0) is 0 Å². The number of hydrogen-bond donors (Lipinski definition) is 1. The summed E-state index contributed by atoms with van der Waals surface area (Å²) in [4.78, 5) is 0. The monoisotopic (exact) mass is 348 g/mol. The summed E-state index contributed by atoms with van der Waals surface area (Å²) >= 11 is 0. The minimum absolute atomic E-state index is 0.00754. The summed E-state index contributed by atoms with van der Waals surface area (Å²) in [6, 6.07) is 0. The minimum atomic E-state index is -0.00754. The van der Waals surface area contributed by atoms with Crippen LogP contribution in [0, 0.1) is 23.7 Å². The Bertz CT molecular complexity index is 304. The van der Waals surface area contributed by atoms with E-state index < -0.39 is 0 Å². The van der Waals surface area contributed by atoms with Crippen molar-refractivity contribution >= 4 is 0 Å². The van der Waals surface area contributed by atoms with Gasteiger partial charge in [-0.25, -0.2) is 0 Å². The Morgan fingerprint density at radius 1 is 0.440 bits per heavy atom. The van der Waals surface area contributed by atoms with Gasteiger partial charge in [0.2, 0.25) is 0 Å². The van der Waals surface area contributed by atoms with Gasteiger partial charge in [0.05, 0.1) is 6.10 Å². The molecule has 3 saturated carbocycles. The highest BCUT2D eigenvalue weighted by Crippen LogP contribution is 2.37. The highest BCUT2D eigenvalue weighted by atomic mass is 16.3. The van der Waals surface area contributed by atoms with Gasteiger partial charge in [-0.3, -0.25) is 0 Å². The van der Waals surface area contributed by atoms with E-state index in [4.69, 9.17) is 0 Å². The molecule has 3 aliphatic rings. The third-order valence-corrected chi connectivity index (χ3v) is 7.72. The SMILES string of the molecule is OC1CC(CC2CCCCCC2)CCCC(CC2CCCCCC2)C1. The molecule has 0 aromatic rings. The van der Waals surface area contributed by atoms with Gasteiger partial charge in [0.1, 0.15) is 0 Å². The second kappa shape index (κ2) is 11.0. The van der Waals surface area contributed by atoms with Crippen molar-refractivity contribution in [3.63, 3.8) is 0 Å². The molecule has 3 rings (SSSR count). The summed E-state index contributed by atoms with van der Waals surface area (Å²) in [5.74, 6) is 3.58. The van der Waals surface area contributed by atoms with E-state index in [1.54, 1.807) is 0 Å². The Hall–Kier alpha value is -0.0400. The van der Waals surface area contributed by atoms with Crippen LogP contribution < -0.4 is 0 Å². The molecule has 0 aliphatic heterocycles. The molecule has 25 heavy (non-hydrogen) atoms. The maximum Gasteiger partial charge on any atom is 0.0545 e. The van der Waals surface area contributed by atoms with E-state index in [9.17, 15) is 5.11 Å². The van der Waals surface area contributed by atoms with Gasteiger partial charge in [-0.1, -0.05) is 96.3 Å². The van der Waals surface area contributed by atoms with Crippen LogP contribution in [0.4, 0.5) is 0 Å². The molecule has 0 bridgehead atoms. The summed E-state index contributed by atoms with van der Waals surface area (Å²) in [7, 11) is 0. The van der Waals surface area contributed by atoms with Gasteiger partial charge in [-0.05, 0) is 49.4 Å². The van der Waals surface area contributed by atoms with Gasteiger partial charge in [-0.15, -0.1) is 0 Å². The Morgan fingerprint density at radius 3 is 1.20 bits per heavy atom. The van der Waals surface area contributed by atoms with Crippen molar-refractivity contribution in [2.45, 2.75) is 128 Å². The predicted molar refractivity (Wildman–Crippen MR) is 108 cm³/mol. The van der Waals surface area contributed by atoms with Gasteiger partial charge >= 0.3 is 0 Å². The Morgan fingerprint density at radius 2 is 0.800 bits per heavy atom. The topological polar surface area (TPSA) is 20.2 Å². The number of aliphatic hydroxyl groups is 1. The van der Waals surface area contributed by atoms with Gasteiger partial charge in [0.15, 0.2) is 0 Å². The molecule has 0 aromatic heterocycles. The Kier molecular flexibility index (Phi) is 8.64. The zero-order chi connectivity index (χ0) is 17.3. The van der Waals surface area contributed by atoms with Crippen molar-refractivity contribution in [3.05, 3.63) is 0 Å². The molecule has 1 heteroatoms. The molecule has 3 aliphatic carbocycles. The lowest BCUT2D eigenvalue weighted by molar-refractivity contribution is 0.0823. The van der Waals surface area contributed by atoms with Crippen LogP contribution in [-0.4, -0.2) is 11.2 Å². The highest BCUT2D eigenvalue weighted by molar-refractivity contribution is 4.79. The Balaban J connectivity index is 1.42. The maximum absolute atomic E-state index is 10.7. The summed E-state index contributed by atoms with van der Waals surface area (Å²) < 4.78 is 0. The molecule has 0 amide bonds. The smallest absolute Gasteiger partial charge is 0.0545 e. The molecule has 1 N–H and O–H groups in total. The summed E-state index contributed by atoms with van der Waals surface area (Å²) in [5.41, 5.74) is 0. The van der Waals surface area contributed by atoms with Crippen LogP contribution >= 0.6 is 0 Å². The zero-order valence-electron chi connectivity index (χ0n) is 16.8. The largest absolute Gasteiger partial charge is 0.393 e. The van der Waals surface area contributed by atoms with Crippen LogP contribution in [0.25, 0.3) is 0 Å². The van der Waals surface area contributed by atoms with Crippen LogP contribution in [0.15, 0.2) is 0 Å². The normalized spacial score (nSPS) is 34.7. The van der Waals surface area contributed by atoms with E-state index in [1.165, 1.54) is 109 Å². The number of hydrogen-bond acceptors (Lipinski definition) is 1. The first-order chi connectivity index (χ1) is 12.3. The van der Waals surface area contributed by atoms with Crippen LogP contribution in [0.1, 0.15) is 122 Å². The lowest BCUT2D eigenvalue weighted by atomic mass is 9.76. The second-order valence-electron chi connectivity index (χ2n) is 9.97. The average molecular weight is 349 g/mol. The van der Waals surface area contributed by atoms with Crippen molar-refractivity contribution < 1.29 is 5.11 Å². The molecule has 1 nitrogen and oxygen atoms in total. The number of aliphatic hydroxyl groups excluding tert-OH is 1. The van der Waals surface area contributed by atoms with Crippen molar-refractivity contribution in [1.82, 2.24) is 0 Å². The summed E-state index contributed by atoms with van der Waals surface area (Å²) in [6.45, 7) is 0. The van der Waals surface area contributed by atoms with Gasteiger partial charge in [0, 0.05) is 0 Å². The lowest BCUT2D eigenvalue weighted by Crippen LogP contribution is -2.24. The van der Waals surface area contributed by atoms with Crippen molar-refractivity contribution in [2.24, 2.45) is 23.7 Å². The first kappa shape index (κ1) is 19.7. The third-order valence-electron chi connectivity index (χ3n) is 7.72. The van der Waals surface area contributed by atoms with Crippen LogP contribution in [0.3, 0.4) is 0 Å². The maximum atomic E-state index is 10.7. The van der Waals surface area contributed by atoms with Crippen molar-refractivity contribution in [3.8, 4) is 0 Å². The number of rotatable bonds is 4. The van der Waals surface area contributed by atoms with E-state index in [0.29, 0.717) is 0 Å². The molecule has 0 saturated heterocycles. The van der Waals surface area contributed by atoms with E-state index in [-0.39, 0.29) is 6.10 Å². The quantitative estimate of drug-likeness (QED) is 0.530. The van der Waals surface area contributed by atoms with Gasteiger partial charge in [0.25, 0.3) is 0 Å². The molecule has 3 fully saturated rings. The van der Waals surface area contributed by atoms with Crippen LogP contribution in [0.2, 0.25) is 0 Å². The third kappa shape index (κ3) is 7.24. The minimum Gasteiger partial charge on any atom is -0.393 e. The van der Waals surface area contributed by atoms with E-state index in [2.05, 4.69) is 0 Å². The fourth-order valence-electron chi connectivity index (χ4n) is 6.37. The average Bonchev–Trinajstić information content (AvgIpc) is 2.98. The molecule has 2 unspecified atom stereocenters. The molecular weight excluding hydrogens is 304 g/mol. The lowest BCUT2D eigenvalue weighted by Gasteiger charge is -2.31. The first-order valence-electron chi connectivity index (χ1n) is 12.0. The molecule has 0 aromatic carbocycles. The Labute approximate surface area is 157 Å².